The van der Waals surface area contributed by atoms with Crippen LogP contribution in [0.4, 0.5) is 10.1 Å². The van der Waals surface area contributed by atoms with E-state index in [2.05, 4.69) is 10.4 Å². The van der Waals surface area contributed by atoms with Crippen molar-refractivity contribution in [1.29, 1.82) is 0 Å². The van der Waals surface area contributed by atoms with E-state index < -0.39 is 0 Å². The highest BCUT2D eigenvalue weighted by atomic mass is 35.5. The Balaban J connectivity index is 1.47. The van der Waals surface area contributed by atoms with E-state index in [-0.39, 0.29) is 24.9 Å². The van der Waals surface area contributed by atoms with Crippen molar-refractivity contribution in [3.8, 4) is 5.75 Å². The molecule has 0 aliphatic heterocycles. The summed E-state index contributed by atoms with van der Waals surface area (Å²) in [6, 6.07) is 21.0. The Hall–Kier alpha value is -3.64. The number of hydrogen-bond acceptors (Lipinski definition) is 3. The summed E-state index contributed by atoms with van der Waals surface area (Å²) in [5.41, 5.74) is 3.90. The van der Waals surface area contributed by atoms with Crippen molar-refractivity contribution < 1.29 is 13.9 Å². The maximum Gasteiger partial charge on any atom is 0.255 e. The van der Waals surface area contributed by atoms with Gasteiger partial charge in [0.15, 0.2) is 0 Å². The lowest BCUT2D eigenvalue weighted by molar-refractivity contribution is 0.102. The number of amides is 1. The second-order valence-corrected chi connectivity index (χ2v) is 8.08. The van der Waals surface area contributed by atoms with Gasteiger partial charge in [0.25, 0.3) is 5.91 Å². The molecule has 4 rings (SSSR count). The van der Waals surface area contributed by atoms with Crippen LogP contribution in [0.15, 0.2) is 72.8 Å². The van der Waals surface area contributed by atoms with Crippen molar-refractivity contribution in [1.82, 2.24) is 9.78 Å². The lowest BCUT2D eigenvalue weighted by Gasteiger charge is -2.10. The molecule has 3 aromatic carbocycles. The molecule has 5 nitrogen and oxygen atoms in total. The molecule has 33 heavy (non-hydrogen) atoms. The Kier molecular flexibility index (Phi) is 6.75. The normalized spacial score (nSPS) is 10.8. The average Bonchev–Trinajstić information content (AvgIpc) is 3.07. The van der Waals surface area contributed by atoms with Gasteiger partial charge in [-0.25, -0.2) is 4.39 Å². The average molecular weight is 464 g/mol. The summed E-state index contributed by atoms with van der Waals surface area (Å²) in [7, 11) is 0. The number of nitrogens with zero attached hydrogens (tertiary/aromatic N) is 2. The molecule has 0 aliphatic carbocycles. The van der Waals surface area contributed by atoms with Gasteiger partial charge < -0.3 is 10.1 Å². The number of benzene rings is 3. The first-order valence-corrected chi connectivity index (χ1v) is 10.8. The highest BCUT2D eigenvalue weighted by molar-refractivity contribution is 6.32. The third-order valence-electron chi connectivity index (χ3n) is 5.32. The number of anilines is 1. The number of aromatic nitrogens is 2. The molecule has 4 aromatic rings. The molecule has 0 radical (unpaired) electrons. The van der Waals surface area contributed by atoms with Crippen LogP contribution in [-0.2, 0) is 13.2 Å². The van der Waals surface area contributed by atoms with E-state index in [9.17, 15) is 9.18 Å². The quantitative estimate of drug-likeness (QED) is 0.356. The van der Waals surface area contributed by atoms with Gasteiger partial charge in [-0.05, 0) is 49.7 Å². The molecule has 0 unspecified atom stereocenters. The molecule has 0 saturated heterocycles. The minimum absolute atomic E-state index is 0.258. The number of rotatable bonds is 7. The van der Waals surface area contributed by atoms with Crippen LogP contribution in [0.25, 0.3) is 0 Å². The molecule has 0 spiro atoms. The SMILES string of the molecule is Cc1nn(Cc2ccccc2F)c(C)c1NC(=O)c1cccc(COc2ccccc2Cl)c1. The molecule has 0 bridgehead atoms. The lowest BCUT2D eigenvalue weighted by Crippen LogP contribution is -2.14. The Bertz CT molecular complexity index is 1300. The van der Waals surface area contributed by atoms with E-state index in [0.29, 0.717) is 33.3 Å². The smallest absolute Gasteiger partial charge is 0.255 e. The van der Waals surface area contributed by atoms with Gasteiger partial charge in [-0.1, -0.05) is 54.1 Å². The van der Waals surface area contributed by atoms with Gasteiger partial charge in [0.1, 0.15) is 18.2 Å². The van der Waals surface area contributed by atoms with Gasteiger partial charge in [0.05, 0.1) is 28.6 Å². The Morgan fingerprint density at radius 3 is 2.61 bits per heavy atom. The third-order valence-corrected chi connectivity index (χ3v) is 5.63. The molecule has 168 valence electrons. The number of nitrogens with one attached hydrogen (secondary N) is 1. The molecule has 1 aromatic heterocycles. The number of hydrogen-bond donors (Lipinski definition) is 1. The summed E-state index contributed by atoms with van der Waals surface area (Å²) < 4.78 is 21.5. The zero-order valence-electron chi connectivity index (χ0n) is 18.3. The number of carbonyl (C=O) groups excluding carboxylic acids is 1. The van der Waals surface area contributed by atoms with Crippen LogP contribution in [0.5, 0.6) is 5.75 Å². The number of para-hydroxylation sites is 1. The topological polar surface area (TPSA) is 56.2 Å². The standard InChI is InChI=1S/C26H23ClFN3O2/c1-17-25(18(2)31(30-17)15-21-9-3-5-12-23(21)28)29-26(32)20-10-7-8-19(14-20)16-33-24-13-6-4-11-22(24)27/h3-14H,15-16H2,1-2H3,(H,29,32). The first-order valence-electron chi connectivity index (χ1n) is 10.5. The van der Waals surface area contributed by atoms with Crippen LogP contribution in [0.3, 0.4) is 0 Å². The van der Waals surface area contributed by atoms with Crippen LogP contribution in [0.1, 0.15) is 32.9 Å². The van der Waals surface area contributed by atoms with Crippen molar-refractivity contribution >= 4 is 23.2 Å². The van der Waals surface area contributed by atoms with Crippen LogP contribution >= 0.6 is 11.6 Å². The van der Waals surface area contributed by atoms with Gasteiger partial charge in [0.2, 0.25) is 0 Å². The molecule has 1 heterocycles. The maximum atomic E-state index is 14.0. The van der Waals surface area contributed by atoms with Crippen molar-refractivity contribution in [2.24, 2.45) is 0 Å². The highest BCUT2D eigenvalue weighted by Crippen LogP contribution is 2.25. The lowest BCUT2D eigenvalue weighted by atomic mass is 10.1. The number of carbonyl (C=O) groups is 1. The third kappa shape index (κ3) is 5.23. The fourth-order valence-corrected chi connectivity index (χ4v) is 3.72. The van der Waals surface area contributed by atoms with Crippen molar-refractivity contribution in [3.05, 3.63) is 112 Å². The van der Waals surface area contributed by atoms with Gasteiger partial charge in [0, 0.05) is 11.1 Å². The number of halogens is 2. The summed E-state index contributed by atoms with van der Waals surface area (Å²) in [5, 5.41) is 7.96. The Morgan fingerprint density at radius 2 is 1.82 bits per heavy atom. The van der Waals surface area contributed by atoms with Crippen molar-refractivity contribution in [3.63, 3.8) is 0 Å². The van der Waals surface area contributed by atoms with E-state index in [1.54, 1.807) is 47.1 Å². The summed E-state index contributed by atoms with van der Waals surface area (Å²) in [4.78, 5) is 13.0. The summed E-state index contributed by atoms with van der Waals surface area (Å²) in [5.74, 6) is 0.0419. The second kappa shape index (κ2) is 9.88. The van der Waals surface area contributed by atoms with Crippen LogP contribution in [-0.4, -0.2) is 15.7 Å². The van der Waals surface area contributed by atoms with E-state index in [1.165, 1.54) is 6.07 Å². The molecule has 1 amide bonds. The summed E-state index contributed by atoms with van der Waals surface area (Å²) in [6.45, 7) is 4.23. The van der Waals surface area contributed by atoms with Crippen molar-refractivity contribution in [2.45, 2.75) is 27.0 Å². The van der Waals surface area contributed by atoms with Gasteiger partial charge in [-0.15, -0.1) is 0 Å². The van der Waals surface area contributed by atoms with E-state index in [1.807, 2.05) is 38.1 Å². The first-order chi connectivity index (χ1) is 15.9. The zero-order chi connectivity index (χ0) is 23.4. The maximum absolute atomic E-state index is 14.0. The van der Waals surface area contributed by atoms with Crippen molar-refractivity contribution in [2.75, 3.05) is 5.32 Å². The Labute approximate surface area is 196 Å². The molecular weight excluding hydrogens is 441 g/mol. The second-order valence-electron chi connectivity index (χ2n) is 7.67. The molecule has 0 fully saturated rings. The molecular formula is C26H23ClFN3O2. The molecule has 0 atom stereocenters. The van der Waals surface area contributed by atoms with E-state index in [0.717, 1.165) is 11.3 Å². The minimum Gasteiger partial charge on any atom is -0.487 e. The summed E-state index contributed by atoms with van der Waals surface area (Å²) in [6.07, 6.45) is 0. The van der Waals surface area contributed by atoms with Gasteiger partial charge >= 0.3 is 0 Å². The fraction of sp³-hybridized carbons (Fsp3) is 0.154. The number of ether oxygens (including phenoxy) is 1. The highest BCUT2D eigenvalue weighted by Gasteiger charge is 2.16. The summed E-state index contributed by atoms with van der Waals surface area (Å²) >= 11 is 6.14. The van der Waals surface area contributed by atoms with Crippen LogP contribution in [0, 0.1) is 19.7 Å². The predicted molar refractivity (Wildman–Crippen MR) is 127 cm³/mol. The largest absolute Gasteiger partial charge is 0.487 e. The monoisotopic (exact) mass is 463 g/mol. The zero-order valence-corrected chi connectivity index (χ0v) is 19.1. The molecule has 1 N–H and O–H groups in total. The molecule has 7 heteroatoms. The molecule has 0 aliphatic rings. The van der Waals surface area contributed by atoms with Gasteiger partial charge in [-0.2, -0.15) is 5.10 Å². The van der Waals surface area contributed by atoms with E-state index in [4.69, 9.17) is 16.3 Å². The van der Waals surface area contributed by atoms with Crippen LogP contribution < -0.4 is 10.1 Å². The van der Waals surface area contributed by atoms with Crippen LogP contribution in [0.2, 0.25) is 5.02 Å². The van der Waals surface area contributed by atoms with Gasteiger partial charge in [-0.3, -0.25) is 9.48 Å². The predicted octanol–water partition coefficient (Wildman–Crippen LogP) is 6.17. The first kappa shape index (κ1) is 22.6. The fourth-order valence-electron chi connectivity index (χ4n) is 3.53. The van der Waals surface area contributed by atoms with E-state index >= 15 is 0 Å². The number of aryl methyl sites for hydroxylation is 1. The minimum atomic E-state index is -0.286. The Morgan fingerprint density at radius 1 is 1.06 bits per heavy atom. The molecule has 0 saturated carbocycles.